The lowest BCUT2D eigenvalue weighted by atomic mass is 10.1. The van der Waals surface area contributed by atoms with Crippen LogP contribution in [0.25, 0.3) is 0 Å². The number of rotatable bonds is 5. The normalized spacial score (nSPS) is 17.6. The molecule has 10 heteroatoms. The summed E-state index contributed by atoms with van der Waals surface area (Å²) >= 11 is 1.19. The van der Waals surface area contributed by atoms with Gasteiger partial charge in [0, 0.05) is 24.6 Å². The smallest absolute Gasteiger partial charge is 0.262 e. The van der Waals surface area contributed by atoms with Crippen molar-refractivity contribution >= 4 is 45.8 Å². The van der Waals surface area contributed by atoms with Gasteiger partial charge < -0.3 is 4.90 Å². The van der Waals surface area contributed by atoms with Gasteiger partial charge in [0.1, 0.15) is 11.6 Å². The first-order valence-electron chi connectivity index (χ1n) is 10.4. The number of nitrogens with zero attached hydrogens (tertiary/aromatic N) is 4. The molecule has 1 fully saturated rings. The lowest BCUT2D eigenvalue weighted by molar-refractivity contribution is -0.117. The van der Waals surface area contributed by atoms with Gasteiger partial charge in [-0.1, -0.05) is 35.6 Å². The van der Waals surface area contributed by atoms with Gasteiger partial charge in [-0.15, -0.1) is 10.2 Å². The molecule has 4 amide bonds. The molecular formula is C23H19N5O4S. The molecule has 2 aliphatic heterocycles. The summed E-state index contributed by atoms with van der Waals surface area (Å²) in [5.41, 5.74) is 2.50. The van der Waals surface area contributed by atoms with Crippen molar-refractivity contribution in [2.45, 2.75) is 19.3 Å². The number of hydrogen-bond donors (Lipinski definition) is 1. The number of fused-ring (bicyclic) bond motifs is 1. The second kappa shape index (κ2) is 8.21. The van der Waals surface area contributed by atoms with Gasteiger partial charge in [-0.2, -0.15) is 0 Å². The second-order valence-corrected chi connectivity index (χ2v) is 8.99. The Bertz CT molecular complexity index is 1270. The average Bonchev–Trinajstić information content (AvgIpc) is 3.48. The van der Waals surface area contributed by atoms with Crippen LogP contribution in [0.3, 0.4) is 0 Å². The third-order valence-corrected chi connectivity index (χ3v) is 6.66. The number of aromatic nitrogens is 2. The van der Waals surface area contributed by atoms with Crippen LogP contribution in [0.1, 0.15) is 43.6 Å². The van der Waals surface area contributed by atoms with Crippen molar-refractivity contribution in [2.75, 3.05) is 23.3 Å². The first-order valence-corrected chi connectivity index (χ1v) is 11.2. The van der Waals surface area contributed by atoms with Crippen molar-refractivity contribution < 1.29 is 19.2 Å². The van der Waals surface area contributed by atoms with Crippen LogP contribution in [0.15, 0.2) is 48.5 Å². The lowest BCUT2D eigenvalue weighted by Gasteiger charge is -2.16. The lowest BCUT2D eigenvalue weighted by Crippen LogP contribution is -2.37. The molecule has 166 valence electrons. The van der Waals surface area contributed by atoms with Crippen molar-refractivity contribution in [3.8, 4) is 0 Å². The largest absolute Gasteiger partial charge is 0.312 e. The van der Waals surface area contributed by atoms with E-state index in [-0.39, 0.29) is 28.1 Å². The summed E-state index contributed by atoms with van der Waals surface area (Å²) in [6.07, 6.45) is 0.311. The third-order valence-electron chi connectivity index (χ3n) is 5.65. The van der Waals surface area contributed by atoms with E-state index in [1.54, 1.807) is 29.2 Å². The summed E-state index contributed by atoms with van der Waals surface area (Å²) in [4.78, 5) is 52.5. The molecule has 0 bridgehead atoms. The van der Waals surface area contributed by atoms with Gasteiger partial charge in [-0.25, -0.2) is 0 Å². The van der Waals surface area contributed by atoms with Crippen LogP contribution in [0.5, 0.6) is 0 Å². The number of amides is 4. The number of imide groups is 1. The van der Waals surface area contributed by atoms with Crippen LogP contribution >= 0.6 is 11.3 Å². The van der Waals surface area contributed by atoms with E-state index in [1.165, 1.54) is 11.3 Å². The molecule has 2 aliphatic rings. The Labute approximate surface area is 193 Å². The highest BCUT2D eigenvalue weighted by molar-refractivity contribution is 7.15. The summed E-state index contributed by atoms with van der Waals surface area (Å²) in [6, 6.07) is 14.2. The second-order valence-electron chi connectivity index (χ2n) is 7.98. The predicted molar refractivity (Wildman–Crippen MR) is 121 cm³/mol. The molecule has 1 aromatic heterocycles. The number of nitrogens with one attached hydrogen (secondary N) is 1. The molecule has 0 radical (unpaired) electrons. The SMILES string of the molecule is Cc1cccc(N2CC(c3nnc(NC(=O)CN4C(=O)c5ccccc5C4=O)s3)CC2=O)c1. The molecule has 3 aromatic rings. The van der Waals surface area contributed by atoms with E-state index in [4.69, 9.17) is 0 Å². The Morgan fingerprint density at radius 1 is 1.06 bits per heavy atom. The van der Waals surface area contributed by atoms with E-state index in [1.807, 2.05) is 31.2 Å². The fraction of sp³-hybridized carbons (Fsp3) is 0.217. The molecule has 9 nitrogen and oxygen atoms in total. The zero-order chi connectivity index (χ0) is 23.1. The van der Waals surface area contributed by atoms with Crippen LogP contribution in [-0.4, -0.2) is 51.8 Å². The summed E-state index contributed by atoms with van der Waals surface area (Å²) in [7, 11) is 0. The molecule has 1 saturated heterocycles. The first-order chi connectivity index (χ1) is 15.9. The quantitative estimate of drug-likeness (QED) is 0.585. The number of carbonyl (C=O) groups is 4. The van der Waals surface area contributed by atoms with Crippen molar-refractivity contribution in [1.29, 1.82) is 0 Å². The van der Waals surface area contributed by atoms with E-state index >= 15 is 0 Å². The van der Waals surface area contributed by atoms with Gasteiger partial charge in [0.25, 0.3) is 11.8 Å². The van der Waals surface area contributed by atoms with E-state index < -0.39 is 24.3 Å². The van der Waals surface area contributed by atoms with Crippen molar-refractivity contribution in [3.63, 3.8) is 0 Å². The number of carbonyl (C=O) groups excluding carboxylic acids is 4. The Hall–Kier alpha value is -3.92. The molecule has 0 aliphatic carbocycles. The van der Waals surface area contributed by atoms with E-state index in [9.17, 15) is 19.2 Å². The molecule has 1 unspecified atom stereocenters. The van der Waals surface area contributed by atoms with Gasteiger partial charge in [-0.3, -0.25) is 29.4 Å². The summed E-state index contributed by atoms with van der Waals surface area (Å²) in [5.74, 6) is -1.65. The minimum atomic E-state index is -0.545. The Kier molecular flexibility index (Phi) is 5.21. The van der Waals surface area contributed by atoms with Crippen molar-refractivity contribution in [3.05, 3.63) is 70.2 Å². The molecule has 1 atom stereocenters. The molecule has 33 heavy (non-hydrogen) atoms. The van der Waals surface area contributed by atoms with Crippen LogP contribution in [0, 0.1) is 6.92 Å². The zero-order valence-electron chi connectivity index (χ0n) is 17.6. The predicted octanol–water partition coefficient (Wildman–Crippen LogP) is 2.60. The standard InChI is InChI=1S/C23H19N5O4S/c1-13-5-4-6-15(9-13)27-11-14(10-19(27)30)20-25-26-23(33-20)24-18(29)12-28-21(31)16-7-2-3-8-17(16)22(28)32/h2-9,14H,10-12H2,1H3,(H,24,26,29). The number of hydrogen-bond acceptors (Lipinski definition) is 7. The van der Waals surface area contributed by atoms with Gasteiger partial charge in [-0.05, 0) is 36.8 Å². The highest BCUT2D eigenvalue weighted by Gasteiger charge is 2.37. The summed E-state index contributed by atoms with van der Waals surface area (Å²) in [6.45, 7) is 2.05. The highest BCUT2D eigenvalue weighted by atomic mass is 32.1. The Morgan fingerprint density at radius 3 is 2.48 bits per heavy atom. The van der Waals surface area contributed by atoms with Gasteiger partial charge in [0.2, 0.25) is 16.9 Å². The molecule has 2 aromatic carbocycles. The van der Waals surface area contributed by atoms with Crippen molar-refractivity contribution in [2.24, 2.45) is 0 Å². The van der Waals surface area contributed by atoms with Crippen LogP contribution < -0.4 is 10.2 Å². The topological polar surface area (TPSA) is 113 Å². The van der Waals surface area contributed by atoms with Gasteiger partial charge >= 0.3 is 0 Å². The maximum atomic E-state index is 12.5. The fourth-order valence-electron chi connectivity index (χ4n) is 4.05. The Balaban J connectivity index is 1.23. The van der Waals surface area contributed by atoms with E-state index in [0.717, 1.165) is 16.2 Å². The minimum Gasteiger partial charge on any atom is -0.312 e. The van der Waals surface area contributed by atoms with E-state index in [0.29, 0.717) is 18.0 Å². The zero-order valence-corrected chi connectivity index (χ0v) is 18.5. The number of benzene rings is 2. The van der Waals surface area contributed by atoms with Crippen LogP contribution in [-0.2, 0) is 9.59 Å². The molecule has 0 saturated carbocycles. The number of anilines is 2. The maximum Gasteiger partial charge on any atom is 0.262 e. The highest BCUT2D eigenvalue weighted by Crippen LogP contribution is 2.34. The molecule has 3 heterocycles. The Morgan fingerprint density at radius 2 is 1.79 bits per heavy atom. The molecule has 1 N–H and O–H groups in total. The average molecular weight is 462 g/mol. The number of aryl methyl sites for hydroxylation is 1. The summed E-state index contributed by atoms with van der Waals surface area (Å²) < 4.78 is 0. The molecule has 5 rings (SSSR count). The van der Waals surface area contributed by atoms with Gasteiger partial charge in [0.15, 0.2) is 0 Å². The fourth-order valence-corrected chi connectivity index (χ4v) is 4.90. The van der Waals surface area contributed by atoms with Crippen LogP contribution in [0.2, 0.25) is 0 Å². The first kappa shape index (κ1) is 21.0. The van der Waals surface area contributed by atoms with Crippen molar-refractivity contribution in [1.82, 2.24) is 15.1 Å². The van der Waals surface area contributed by atoms with E-state index in [2.05, 4.69) is 15.5 Å². The minimum absolute atomic E-state index is 0.0111. The molecule has 0 spiro atoms. The third kappa shape index (κ3) is 3.89. The van der Waals surface area contributed by atoms with Crippen LogP contribution in [0.4, 0.5) is 10.8 Å². The molecular weight excluding hydrogens is 442 g/mol. The maximum absolute atomic E-state index is 12.5. The monoisotopic (exact) mass is 461 g/mol. The summed E-state index contributed by atoms with van der Waals surface area (Å²) in [5, 5.41) is 11.7. The van der Waals surface area contributed by atoms with Gasteiger partial charge in [0.05, 0.1) is 11.1 Å².